The number of β-lactam (4-membered cyclic amide) rings is 1. The Morgan fingerprint density at radius 3 is 2.74 bits per heavy atom. The van der Waals surface area contributed by atoms with Crippen LogP contribution in [0.4, 0.5) is 0 Å². The molecule has 0 aromatic rings. The lowest BCUT2D eigenvalue weighted by Gasteiger charge is -2.46. The fourth-order valence-corrected chi connectivity index (χ4v) is 6.04. The first kappa shape index (κ1) is 18.8. The number of fused-ring (bicyclic) bond motifs is 1. The second-order valence-corrected chi connectivity index (χ2v) is 9.34. The third-order valence-electron chi connectivity index (χ3n) is 6.15. The standard InChI is InChI=1S/C19H27N3O4S/c1-10-15-14(11(2)23)18(24)22(15)16(19(25)26)17(10)27-13-8-12(20-9-13)4-7-21-5-3-6-21/h4,7,10-15,20,23H,3,5-6,8-9H2,1-2H3,(H,25,26)/b7-4+/t10?,11-,12-,13?,14-,15?/m1/s1. The van der Waals surface area contributed by atoms with Gasteiger partial charge < -0.3 is 25.3 Å². The van der Waals surface area contributed by atoms with Crippen molar-refractivity contribution < 1.29 is 19.8 Å². The molecule has 0 spiro atoms. The van der Waals surface area contributed by atoms with E-state index >= 15 is 0 Å². The van der Waals surface area contributed by atoms with Gasteiger partial charge in [0, 0.05) is 41.7 Å². The van der Waals surface area contributed by atoms with Gasteiger partial charge in [-0.1, -0.05) is 13.0 Å². The highest BCUT2D eigenvalue weighted by atomic mass is 32.2. The number of likely N-dealkylation sites (tertiary alicyclic amines) is 1. The molecule has 8 heteroatoms. The first-order valence-corrected chi connectivity index (χ1v) is 10.6. The summed E-state index contributed by atoms with van der Waals surface area (Å²) in [6.45, 7) is 6.66. The Morgan fingerprint density at radius 1 is 1.41 bits per heavy atom. The van der Waals surface area contributed by atoms with E-state index in [1.807, 2.05) is 6.92 Å². The molecule has 0 aromatic heterocycles. The van der Waals surface area contributed by atoms with Gasteiger partial charge in [0.15, 0.2) is 0 Å². The van der Waals surface area contributed by atoms with Crippen LogP contribution in [-0.2, 0) is 9.59 Å². The van der Waals surface area contributed by atoms with Gasteiger partial charge in [0.05, 0.1) is 18.1 Å². The van der Waals surface area contributed by atoms with E-state index in [1.54, 1.807) is 18.7 Å². The fourth-order valence-electron chi connectivity index (χ4n) is 4.54. The molecule has 3 N–H and O–H groups in total. The molecule has 0 bridgehead atoms. The number of thioether (sulfide) groups is 1. The van der Waals surface area contributed by atoms with E-state index in [9.17, 15) is 19.8 Å². The molecule has 0 saturated carbocycles. The van der Waals surface area contributed by atoms with Crippen molar-refractivity contribution in [1.82, 2.24) is 15.1 Å². The van der Waals surface area contributed by atoms with Crippen LogP contribution in [0.1, 0.15) is 26.7 Å². The molecular formula is C19H27N3O4S. The molecule has 6 atom stereocenters. The number of aliphatic hydroxyl groups is 1. The van der Waals surface area contributed by atoms with E-state index < -0.39 is 18.0 Å². The first-order chi connectivity index (χ1) is 12.9. The summed E-state index contributed by atoms with van der Waals surface area (Å²) >= 11 is 1.59. The van der Waals surface area contributed by atoms with E-state index in [4.69, 9.17) is 0 Å². The van der Waals surface area contributed by atoms with Crippen molar-refractivity contribution in [3.63, 3.8) is 0 Å². The maximum atomic E-state index is 12.4. The highest BCUT2D eigenvalue weighted by molar-refractivity contribution is 8.03. The molecule has 1 amide bonds. The van der Waals surface area contributed by atoms with Crippen molar-refractivity contribution in [2.45, 2.75) is 50.1 Å². The zero-order valence-corrected chi connectivity index (χ0v) is 16.5. The molecule has 3 fully saturated rings. The predicted molar refractivity (Wildman–Crippen MR) is 103 cm³/mol. The second kappa shape index (κ2) is 7.14. The molecule has 148 valence electrons. The predicted octanol–water partition coefficient (Wildman–Crippen LogP) is 0.823. The summed E-state index contributed by atoms with van der Waals surface area (Å²) in [5, 5.41) is 23.4. The lowest BCUT2D eigenvalue weighted by atomic mass is 9.79. The molecule has 0 aromatic carbocycles. The van der Waals surface area contributed by atoms with Crippen LogP contribution in [0.15, 0.2) is 22.9 Å². The van der Waals surface area contributed by atoms with Gasteiger partial charge in [-0.25, -0.2) is 4.79 Å². The lowest BCUT2D eigenvalue weighted by molar-refractivity contribution is -0.163. The third-order valence-corrected chi connectivity index (χ3v) is 7.66. The van der Waals surface area contributed by atoms with Gasteiger partial charge in [-0.3, -0.25) is 4.79 Å². The lowest BCUT2D eigenvalue weighted by Crippen LogP contribution is -2.63. The molecule has 0 radical (unpaired) electrons. The molecule has 3 saturated heterocycles. The van der Waals surface area contributed by atoms with Crippen LogP contribution in [0, 0.1) is 11.8 Å². The number of nitrogens with one attached hydrogen (secondary N) is 1. The molecule has 0 aliphatic carbocycles. The Kier molecular flexibility index (Phi) is 4.98. The fraction of sp³-hybridized carbons (Fsp3) is 0.684. The summed E-state index contributed by atoms with van der Waals surface area (Å²) in [6, 6.07) is 0.0696. The van der Waals surface area contributed by atoms with Gasteiger partial charge in [0.2, 0.25) is 5.91 Å². The minimum atomic E-state index is -1.05. The normalized spacial score (nSPS) is 36.9. The topological polar surface area (TPSA) is 93.1 Å². The van der Waals surface area contributed by atoms with Gasteiger partial charge in [-0.05, 0) is 26.0 Å². The Bertz CT molecular complexity index is 703. The number of aliphatic carboxylic acids is 1. The van der Waals surface area contributed by atoms with E-state index in [1.165, 1.54) is 11.3 Å². The monoisotopic (exact) mass is 393 g/mol. The minimum absolute atomic E-state index is 0.0610. The Morgan fingerprint density at radius 2 is 2.15 bits per heavy atom. The summed E-state index contributed by atoms with van der Waals surface area (Å²) in [6.07, 6.45) is 5.80. The zero-order valence-electron chi connectivity index (χ0n) is 15.7. The largest absolute Gasteiger partial charge is 0.477 e. The summed E-state index contributed by atoms with van der Waals surface area (Å²) in [5.41, 5.74) is 0.124. The van der Waals surface area contributed by atoms with Gasteiger partial charge >= 0.3 is 5.97 Å². The Hall–Kier alpha value is -1.51. The van der Waals surface area contributed by atoms with Gasteiger partial charge in [-0.15, -0.1) is 11.8 Å². The molecule has 4 aliphatic rings. The summed E-state index contributed by atoms with van der Waals surface area (Å²) in [5.74, 6) is -1.88. The highest BCUT2D eigenvalue weighted by Crippen LogP contribution is 2.51. The van der Waals surface area contributed by atoms with Gasteiger partial charge in [-0.2, -0.15) is 0 Å². The average molecular weight is 394 g/mol. The molecule has 7 nitrogen and oxygen atoms in total. The van der Waals surface area contributed by atoms with Crippen molar-refractivity contribution in [3.05, 3.63) is 22.9 Å². The molecule has 4 rings (SSSR count). The maximum Gasteiger partial charge on any atom is 0.353 e. The number of aliphatic hydroxyl groups excluding tert-OH is 1. The Balaban J connectivity index is 1.45. The van der Waals surface area contributed by atoms with E-state index in [0.717, 1.165) is 31.0 Å². The van der Waals surface area contributed by atoms with Crippen LogP contribution in [0.5, 0.6) is 0 Å². The van der Waals surface area contributed by atoms with Crippen LogP contribution in [0.2, 0.25) is 0 Å². The van der Waals surface area contributed by atoms with Crippen molar-refractivity contribution in [2.75, 3.05) is 19.6 Å². The number of nitrogens with zero attached hydrogens (tertiary/aromatic N) is 2. The average Bonchev–Trinajstić information content (AvgIpc) is 3.08. The minimum Gasteiger partial charge on any atom is -0.477 e. The molecule has 27 heavy (non-hydrogen) atoms. The number of amides is 1. The van der Waals surface area contributed by atoms with Crippen LogP contribution < -0.4 is 5.32 Å². The summed E-state index contributed by atoms with van der Waals surface area (Å²) < 4.78 is 0. The number of carboxylic acid groups (broad SMARTS) is 1. The number of carboxylic acids is 1. The smallest absolute Gasteiger partial charge is 0.353 e. The molecule has 4 heterocycles. The van der Waals surface area contributed by atoms with Gasteiger partial charge in [0.25, 0.3) is 0 Å². The van der Waals surface area contributed by atoms with Crippen LogP contribution in [0.25, 0.3) is 0 Å². The van der Waals surface area contributed by atoms with Crippen molar-refractivity contribution >= 4 is 23.6 Å². The van der Waals surface area contributed by atoms with Gasteiger partial charge in [0.1, 0.15) is 5.70 Å². The van der Waals surface area contributed by atoms with E-state index in [0.29, 0.717) is 6.04 Å². The van der Waals surface area contributed by atoms with E-state index in [-0.39, 0.29) is 28.8 Å². The maximum absolute atomic E-state index is 12.4. The first-order valence-electron chi connectivity index (χ1n) is 9.69. The van der Waals surface area contributed by atoms with Crippen molar-refractivity contribution in [2.24, 2.45) is 11.8 Å². The van der Waals surface area contributed by atoms with Crippen LogP contribution >= 0.6 is 11.8 Å². The molecule has 4 aliphatic heterocycles. The highest BCUT2D eigenvalue weighted by Gasteiger charge is 2.60. The quantitative estimate of drug-likeness (QED) is 0.576. The second-order valence-electron chi connectivity index (χ2n) is 7.99. The van der Waals surface area contributed by atoms with Crippen molar-refractivity contribution in [1.29, 1.82) is 0 Å². The van der Waals surface area contributed by atoms with Crippen LogP contribution in [0.3, 0.4) is 0 Å². The number of rotatable bonds is 6. The zero-order chi connectivity index (χ0) is 19.3. The van der Waals surface area contributed by atoms with E-state index in [2.05, 4.69) is 22.5 Å². The number of carbonyl (C=O) groups is 2. The number of hydrogen-bond donors (Lipinski definition) is 3. The van der Waals surface area contributed by atoms with Crippen molar-refractivity contribution in [3.8, 4) is 0 Å². The SMILES string of the molecule is CC1C(SC2CN[C@H](/C=C/N3CCC3)C2)=C(C(=O)O)N2C(=O)[C@H]([C@@H](C)O)C12. The molecular weight excluding hydrogens is 366 g/mol. The summed E-state index contributed by atoms with van der Waals surface area (Å²) in [4.78, 5) is 28.7. The Labute approximate surface area is 163 Å². The molecule has 3 unspecified atom stereocenters. The number of carbonyl (C=O) groups excluding carboxylic acids is 1. The number of hydrogen-bond acceptors (Lipinski definition) is 6. The van der Waals surface area contributed by atoms with Crippen LogP contribution in [-0.4, -0.2) is 75.0 Å². The summed E-state index contributed by atoms with van der Waals surface area (Å²) in [7, 11) is 0. The third kappa shape index (κ3) is 3.17.